The zero-order chi connectivity index (χ0) is 33.8. The van der Waals surface area contributed by atoms with Gasteiger partial charge in [-0.05, 0) is 43.2 Å². The number of H-pyrrole nitrogens is 1. The Hall–Kier alpha value is -3.85. The maximum atomic E-state index is 13.3. The largest absolute Gasteiger partial charge is 0.449 e. The first-order chi connectivity index (χ1) is 22.6. The minimum absolute atomic E-state index is 0.215. The van der Waals surface area contributed by atoms with Gasteiger partial charge in [0.05, 0.1) is 12.3 Å². The highest BCUT2D eigenvalue weighted by Crippen LogP contribution is 2.32. The van der Waals surface area contributed by atoms with Gasteiger partial charge in [-0.3, -0.25) is 10.1 Å². The fraction of sp³-hybridized carbons (Fsp3) is 0.514. The van der Waals surface area contributed by atoms with Crippen LogP contribution in [0.25, 0.3) is 17.0 Å². The summed E-state index contributed by atoms with van der Waals surface area (Å²) >= 11 is 6.60. The van der Waals surface area contributed by atoms with Crippen molar-refractivity contribution in [2.24, 2.45) is 0 Å². The molecule has 0 saturated heterocycles. The summed E-state index contributed by atoms with van der Waals surface area (Å²) < 4.78 is 6.90. The third-order valence-corrected chi connectivity index (χ3v) is 8.66. The highest BCUT2D eigenvalue weighted by Gasteiger charge is 2.25. The summed E-state index contributed by atoms with van der Waals surface area (Å²) in [4.78, 5) is 29.0. The maximum Gasteiger partial charge on any atom is 0.411 e. The second kappa shape index (κ2) is 17.3. The van der Waals surface area contributed by atoms with Crippen molar-refractivity contribution in [3.63, 3.8) is 0 Å². The van der Waals surface area contributed by atoms with Crippen molar-refractivity contribution in [2.45, 2.75) is 117 Å². The Morgan fingerprint density at radius 2 is 1.49 bits per heavy atom. The number of rotatable bonds is 17. The lowest BCUT2D eigenvalue weighted by atomic mass is 9.92. The number of fused-ring (bicyclic) bond motifs is 1. The van der Waals surface area contributed by atoms with E-state index in [1.54, 1.807) is 18.2 Å². The van der Waals surface area contributed by atoms with Gasteiger partial charge in [0.1, 0.15) is 5.02 Å². The van der Waals surface area contributed by atoms with E-state index >= 15 is 0 Å². The topological polar surface area (TPSA) is 113 Å². The molecule has 9 nitrogen and oxygen atoms in total. The summed E-state index contributed by atoms with van der Waals surface area (Å²) in [7, 11) is 0. The quantitative estimate of drug-likeness (QED) is 0.0974. The van der Waals surface area contributed by atoms with Gasteiger partial charge in [0.15, 0.2) is 11.5 Å². The number of aromatic amines is 1. The Balaban J connectivity index is 1.23. The minimum atomic E-state index is -0.518. The third kappa shape index (κ3) is 10.6. The summed E-state index contributed by atoms with van der Waals surface area (Å²) in [5, 5.41) is 15.4. The lowest BCUT2D eigenvalue weighted by Gasteiger charge is -2.14. The summed E-state index contributed by atoms with van der Waals surface area (Å²) in [5.74, 6) is 0.288. The molecule has 3 N–H and O–H groups in total. The van der Waals surface area contributed by atoms with Crippen LogP contribution in [0, 0.1) is 6.92 Å². The molecule has 0 atom stereocenters. The van der Waals surface area contributed by atoms with Crippen molar-refractivity contribution in [1.82, 2.24) is 19.8 Å². The smallest absolute Gasteiger partial charge is 0.411 e. The van der Waals surface area contributed by atoms with Gasteiger partial charge in [-0.2, -0.15) is 5.10 Å². The molecule has 0 aliphatic heterocycles. The lowest BCUT2D eigenvalue weighted by Crippen LogP contribution is -2.17. The van der Waals surface area contributed by atoms with Crippen LogP contribution >= 0.6 is 11.6 Å². The number of aromatic nitrogens is 4. The zero-order valence-corrected chi connectivity index (χ0v) is 29.4. The highest BCUT2D eigenvalue weighted by molar-refractivity contribution is 6.34. The Kier molecular flexibility index (Phi) is 13.3. The lowest BCUT2D eigenvalue weighted by molar-refractivity contribution is 0.102. The maximum absolute atomic E-state index is 13.3. The number of hydrogen-bond donors (Lipinski definition) is 3. The molecule has 10 heteroatoms. The first-order valence-corrected chi connectivity index (χ1v) is 17.6. The van der Waals surface area contributed by atoms with Gasteiger partial charge in [0, 0.05) is 27.9 Å². The third-order valence-electron chi connectivity index (χ3n) is 8.31. The highest BCUT2D eigenvalue weighted by atomic mass is 35.5. The molecule has 4 rings (SSSR count). The molecule has 254 valence electrons. The molecule has 2 amide bonds. The van der Waals surface area contributed by atoms with Crippen LogP contribution in [0.5, 0.6) is 0 Å². The number of hydrogen-bond acceptors (Lipinski definition) is 5. The monoisotopic (exact) mass is 662 g/mol. The molecule has 0 radical (unpaired) electrons. The molecule has 0 aliphatic rings. The molecule has 0 aliphatic carbocycles. The molecule has 2 aromatic heterocycles. The molecule has 4 aromatic rings. The standard InChI is InChI=1S/C37H51ClN6O3/c1-6-7-8-9-10-11-12-13-14-15-16-17-23-47-36(46)40-29-22-21-26(2)30(25-29)35(45)39-28-20-18-19-27(24-28)33-41-34-31(38)32(37(3,4)5)42-44(34)43-33/h18-22,24-25H,6-17,23H2,1-5H3,(H,39,45)(H,40,46)(H,41,43). The van der Waals surface area contributed by atoms with E-state index in [9.17, 15) is 9.59 Å². The molecule has 0 fully saturated rings. The second-order valence-corrected chi connectivity index (χ2v) is 13.8. The number of halogens is 1. The molecule has 0 saturated carbocycles. The van der Waals surface area contributed by atoms with E-state index in [2.05, 4.69) is 32.7 Å². The Labute approximate surface area is 284 Å². The fourth-order valence-corrected chi connectivity index (χ4v) is 6.00. The van der Waals surface area contributed by atoms with Gasteiger partial charge in [0.2, 0.25) is 0 Å². The number of ether oxygens (including phenoxy) is 1. The molecule has 0 bridgehead atoms. The van der Waals surface area contributed by atoms with Crippen molar-refractivity contribution >= 4 is 40.6 Å². The fourth-order valence-electron chi connectivity index (χ4n) is 5.56. The minimum Gasteiger partial charge on any atom is -0.449 e. The molecule has 47 heavy (non-hydrogen) atoms. The first-order valence-electron chi connectivity index (χ1n) is 17.2. The van der Waals surface area contributed by atoms with Crippen LogP contribution < -0.4 is 10.6 Å². The Bertz CT molecular complexity index is 1620. The molecule has 0 spiro atoms. The van der Waals surface area contributed by atoms with Crippen molar-refractivity contribution < 1.29 is 14.3 Å². The van der Waals surface area contributed by atoms with Crippen LogP contribution in [0.2, 0.25) is 5.02 Å². The van der Waals surface area contributed by atoms with Crippen LogP contribution in [0.3, 0.4) is 0 Å². The van der Waals surface area contributed by atoms with Crippen LogP contribution in [-0.2, 0) is 10.2 Å². The number of nitrogens with zero attached hydrogens (tertiary/aromatic N) is 3. The average Bonchev–Trinajstić information content (AvgIpc) is 3.60. The van der Waals surface area contributed by atoms with Gasteiger partial charge in [-0.1, -0.05) is 128 Å². The van der Waals surface area contributed by atoms with E-state index in [0.717, 1.165) is 29.7 Å². The van der Waals surface area contributed by atoms with E-state index in [1.165, 1.54) is 68.8 Å². The van der Waals surface area contributed by atoms with Crippen molar-refractivity contribution in [3.05, 3.63) is 64.3 Å². The Morgan fingerprint density at radius 3 is 2.13 bits per heavy atom. The normalized spacial score (nSPS) is 11.6. The van der Waals surface area contributed by atoms with Gasteiger partial charge < -0.3 is 15.0 Å². The SMILES string of the molecule is CCCCCCCCCCCCCCOC(=O)Nc1ccc(C)c(C(=O)Nc2cccc(-c3nn4nc(C(C)(C)C)c(Cl)c4[nH]3)c2)c1. The zero-order valence-electron chi connectivity index (χ0n) is 28.7. The van der Waals surface area contributed by atoms with Gasteiger partial charge in [-0.15, -0.1) is 9.73 Å². The van der Waals surface area contributed by atoms with Gasteiger partial charge >= 0.3 is 6.09 Å². The van der Waals surface area contributed by atoms with Crippen LogP contribution in [-0.4, -0.2) is 38.4 Å². The van der Waals surface area contributed by atoms with Gasteiger partial charge in [-0.25, -0.2) is 4.79 Å². The van der Waals surface area contributed by atoms with E-state index in [1.807, 2.05) is 52.0 Å². The number of unbranched alkanes of at least 4 members (excludes halogenated alkanes) is 11. The molecular weight excluding hydrogens is 612 g/mol. The predicted octanol–water partition coefficient (Wildman–Crippen LogP) is 10.5. The first kappa shape index (κ1) is 36.0. The number of benzene rings is 2. The van der Waals surface area contributed by atoms with Crippen molar-refractivity contribution in [2.75, 3.05) is 17.2 Å². The molecule has 0 unspecified atom stereocenters. The molecule has 2 heterocycles. The van der Waals surface area contributed by atoms with Crippen LogP contribution in [0.4, 0.5) is 16.2 Å². The van der Waals surface area contributed by atoms with E-state index in [-0.39, 0.29) is 11.3 Å². The van der Waals surface area contributed by atoms with E-state index in [0.29, 0.717) is 40.0 Å². The number of anilines is 2. The second-order valence-electron chi connectivity index (χ2n) is 13.4. The van der Waals surface area contributed by atoms with Crippen LogP contribution in [0.15, 0.2) is 42.5 Å². The average molecular weight is 663 g/mol. The number of amides is 2. The van der Waals surface area contributed by atoms with Gasteiger partial charge in [0.25, 0.3) is 5.91 Å². The molecule has 2 aromatic carbocycles. The molecular formula is C37H51ClN6O3. The van der Waals surface area contributed by atoms with E-state index in [4.69, 9.17) is 16.3 Å². The summed E-state index contributed by atoms with van der Waals surface area (Å²) in [6.07, 6.45) is 14.5. The Morgan fingerprint density at radius 1 is 0.851 bits per heavy atom. The van der Waals surface area contributed by atoms with Crippen LogP contribution in [0.1, 0.15) is 126 Å². The van der Waals surface area contributed by atoms with E-state index < -0.39 is 6.09 Å². The predicted molar refractivity (Wildman–Crippen MR) is 192 cm³/mol. The summed E-state index contributed by atoms with van der Waals surface area (Å²) in [6.45, 7) is 10.6. The summed E-state index contributed by atoms with van der Waals surface area (Å²) in [6, 6.07) is 12.6. The number of carbonyl (C=O) groups is 2. The number of nitrogens with one attached hydrogen (secondary N) is 3. The summed E-state index contributed by atoms with van der Waals surface area (Å²) in [5.41, 5.74) is 4.27. The van der Waals surface area contributed by atoms with Crippen molar-refractivity contribution in [3.8, 4) is 11.4 Å². The van der Waals surface area contributed by atoms with Crippen molar-refractivity contribution in [1.29, 1.82) is 0 Å². The number of carbonyl (C=O) groups excluding carboxylic acids is 2. The number of aryl methyl sites for hydroxylation is 1.